The van der Waals surface area contributed by atoms with Gasteiger partial charge in [-0.15, -0.1) is 0 Å². The maximum Gasteiger partial charge on any atom is 0.240 e. The summed E-state index contributed by atoms with van der Waals surface area (Å²) in [6, 6.07) is 17.9. The van der Waals surface area contributed by atoms with Gasteiger partial charge in [-0.1, -0.05) is 49.4 Å². The molecule has 1 aromatic heterocycles. The molecule has 1 heterocycles. The van der Waals surface area contributed by atoms with Crippen molar-refractivity contribution in [2.45, 2.75) is 32.9 Å². The summed E-state index contributed by atoms with van der Waals surface area (Å²) in [7, 11) is 0. The highest BCUT2D eigenvalue weighted by Gasteiger charge is 2.14. The molecule has 0 saturated heterocycles. The topological polar surface area (TPSA) is 46.9 Å². The molecular weight excluding hydrogens is 286 g/mol. The molecule has 118 valence electrons. The van der Waals surface area contributed by atoms with Crippen molar-refractivity contribution in [1.82, 2.24) is 14.9 Å². The van der Waals surface area contributed by atoms with Gasteiger partial charge in [-0.05, 0) is 24.6 Å². The highest BCUT2D eigenvalue weighted by Crippen LogP contribution is 2.17. The Morgan fingerprint density at radius 2 is 1.83 bits per heavy atom. The number of imidazole rings is 1. The van der Waals surface area contributed by atoms with Crippen LogP contribution in [-0.4, -0.2) is 15.5 Å². The van der Waals surface area contributed by atoms with Crippen molar-refractivity contribution in [1.29, 1.82) is 0 Å². The van der Waals surface area contributed by atoms with E-state index < -0.39 is 0 Å². The Morgan fingerprint density at radius 1 is 1.13 bits per heavy atom. The Balaban J connectivity index is 1.78. The highest BCUT2D eigenvalue weighted by molar-refractivity contribution is 5.81. The summed E-state index contributed by atoms with van der Waals surface area (Å²) >= 11 is 0. The van der Waals surface area contributed by atoms with Gasteiger partial charge < -0.3 is 9.88 Å². The molecule has 1 atom stereocenters. The molecule has 0 aliphatic carbocycles. The molecule has 0 aliphatic rings. The standard InChI is InChI=1S/C19H21N3O/c1-3-18-21-16-11-7-8-12-17(16)22(18)13-19(23)20-14(2)15-9-5-4-6-10-15/h4-12,14H,3,13H2,1-2H3,(H,20,23). The molecule has 3 rings (SSSR count). The van der Waals surface area contributed by atoms with Crippen LogP contribution in [0, 0.1) is 0 Å². The molecule has 1 unspecified atom stereocenters. The van der Waals surface area contributed by atoms with Crippen LogP contribution in [-0.2, 0) is 17.8 Å². The number of carbonyl (C=O) groups is 1. The first-order valence-corrected chi connectivity index (χ1v) is 7.97. The van der Waals surface area contributed by atoms with Crippen molar-refractivity contribution in [3.8, 4) is 0 Å². The average Bonchev–Trinajstić information content (AvgIpc) is 2.93. The van der Waals surface area contributed by atoms with Crippen molar-refractivity contribution < 1.29 is 4.79 Å². The maximum atomic E-state index is 12.4. The van der Waals surface area contributed by atoms with Gasteiger partial charge in [0.2, 0.25) is 5.91 Å². The lowest BCUT2D eigenvalue weighted by molar-refractivity contribution is -0.122. The molecule has 1 amide bonds. The van der Waals surface area contributed by atoms with Crippen molar-refractivity contribution in [2.75, 3.05) is 0 Å². The van der Waals surface area contributed by atoms with Gasteiger partial charge in [-0.3, -0.25) is 4.79 Å². The molecule has 2 aromatic carbocycles. The van der Waals surface area contributed by atoms with E-state index in [-0.39, 0.29) is 11.9 Å². The minimum Gasteiger partial charge on any atom is -0.348 e. The number of nitrogens with zero attached hydrogens (tertiary/aromatic N) is 2. The SMILES string of the molecule is CCc1nc2ccccc2n1CC(=O)NC(C)c1ccccc1. The second kappa shape index (κ2) is 6.65. The predicted octanol–water partition coefficient (Wildman–Crippen LogP) is 3.48. The zero-order chi connectivity index (χ0) is 16.2. The lowest BCUT2D eigenvalue weighted by Gasteiger charge is -2.15. The second-order valence-electron chi connectivity index (χ2n) is 5.66. The van der Waals surface area contributed by atoms with E-state index in [2.05, 4.69) is 17.2 Å². The second-order valence-corrected chi connectivity index (χ2v) is 5.66. The normalized spacial score (nSPS) is 12.3. The van der Waals surface area contributed by atoms with Crippen LogP contribution >= 0.6 is 0 Å². The summed E-state index contributed by atoms with van der Waals surface area (Å²) in [6.45, 7) is 4.35. The van der Waals surface area contributed by atoms with E-state index >= 15 is 0 Å². The van der Waals surface area contributed by atoms with Crippen molar-refractivity contribution in [3.05, 3.63) is 66.0 Å². The average molecular weight is 307 g/mol. The van der Waals surface area contributed by atoms with E-state index in [0.29, 0.717) is 6.54 Å². The molecule has 4 heteroatoms. The Kier molecular flexibility index (Phi) is 4.42. The Morgan fingerprint density at radius 3 is 2.57 bits per heavy atom. The molecule has 0 saturated carbocycles. The highest BCUT2D eigenvalue weighted by atomic mass is 16.2. The van der Waals surface area contributed by atoms with Gasteiger partial charge in [0.05, 0.1) is 17.1 Å². The van der Waals surface area contributed by atoms with E-state index in [1.165, 1.54) is 0 Å². The van der Waals surface area contributed by atoms with Gasteiger partial charge in [-0.25, -0.2) is 4.98 Å². The zero-order valence-corrected chi connectivity index (χ0v) is 13.5. The molecular formula is C19H21N3O. The van der Waals surface area contributed by atoms with Gasteiger partial charge in [-0.2, -0.15) is 0 Å². The number of hydrogen-bond acceptors (Lipinski definition) is 2. The van der Waals surface area contributed by atoms with Crippen LogP contribution < -0.4 is 5.32 Å². The van der Waals surface area contributed by atoms with Crippen LogP contribution in [0.15, 0.2) is 54.6 Å². The predicted molar refractivity (Wildman–Crippen MR) is 92.1 cm³/mol. The van der Waals surface area contributed by atoms with E-state index in [4.69, 9.17) is 0 Å². The number of rotatable bonds is 5. The lowest BCUT2D eigenvalue weighted by Crippen LogP contribution is -2.30. The molecule has 0 radical (unpaired) electrons. The first-order valence-electron chi connectivity index (χ1n) is 7.97. The fourth-order valence-electron chi connectivity index (χ4n) is 2.83. The van der Waals surface area contributed by atoms with Gasteiger partial charge in [0.25, 0.3) is 0 Å². The molecule has 3 aromatic rings. The quantitative estimate of drug-likeness (QED) is 0.784. The summed E-state index contributed by atoms with van der Waals surface area (Å²) in [6.07, 6.45) is 0.802. The lowest BCUT2D eigenvalue weighted by atomic mass is 10.1. The molecule has 1 N–H and O–H groups in total. The Hall–Kier alpha value is -2.62. The number of aryl methyl sites for hydroxylation is 1. The van der Waals surface area contributed by atoms with Gasteiger partial charge >= 0.3 is 0 Å². The third kappa shape index (κ3) is 3.26. The van der Waals surface area contributed by atoms with E-state index in [0.717, 1.165) is 28.8 Å². The number of para-hydroxylation sites is 2. The largest absolute Gasteiger partial charge is 0.348 e. The van der Waals surface area contributed by atoms with E-state index in [9.17, 15) is 4.79 Å². The van der Waals surface area contributed by atoms with E-state index in [1.807, 2.05) is 66.1 Å². The number of hydrogen-bond donors (Lipinski definition) is 1. The molecule has 23 heavy (non-hydrogen) atoms. The van der Waals surface area contributed by atoms with Crippen LogP contribution in [0.3, 0.4) is 0 Å². The van der Waals surface area contributed by atoms with Crippen LogP contribution in [0.25, 0.3) is 11.0 Å². The fourth-order valence-corrected chi connectivity index (χ4v) is 2.83. The first kappa shape index (κ1) is 15.3. The Labute approximate surface area is 136 Å². The number of fused-ring (bicyclic) bond motifs is 1. The fraction of sp³-hybridized carbons (Fsp3) is 0.263. The molecule has 0 fully saturated rings. The summed E-state index contributed by atoms with van der Waals surface area (Å²) in [5.41, 5.74) is 3.05. The third-order valence-electron chi connectivity index (χ3n) is 4.03. The van der Waals surface area contributed by atoms with Crippen molar-refractivity contribution in [3.63, 3.8) is 0 Å². The first-order chi connectivity index (χ1) is 11.2. The third-order valence-corrected chi connectivity index (χ3v) is 4.03. The van der Waals surface area contributed by atoms with Crippen molar-refractivity contribution >= 4 is 16.9 Å². The van der Waals surface area contributed by atoms with Gasteiger partial charge in [0.1, 0.15) is 12.4 Å². The van der Waals surface area contributed by atoms with Gasteiger partial charge in [0, 0.05) is 6.42 Å². The summed E-state index contributed by atoms with van der Waals surface area (Å²) < 4.78 is 2.00. The zero-order valence-electron chi connectivity index (χ0n) is 13.5. The number of carbonyl (C=O) groups excluding carboxylic acids is 1. The Bertz CT molecular complexity index is 808. The molecule has 4 nitrogen and oxygen atoms in total. The number of nitrogens with one attached hydrogen (secondary N) is 1. The molecule has 0 spiro atoms. The maximum absolute atomic E-state index is 12.4. The van der Waals surface area contributed by atoms with Crippen molar-refractivity contribution in [2.24, 2.45) is 0 Å². The van der Waals surface area contributed by atoms with E-state index in [1.54, 1.807) is 0 Å². The van der Waals surface area contributed by atoms with Crippen LogP contribution in [0.4, 0.5) is 0 Å². The van der Waals surface area contributed by atoms with Gasteiger partial charge in [0.15, 0.2) is 0 Å². The number of benzene rings is 2. The minimum absolute atomic E-state index is 0.000735. The summed E-state index contributed by atoms with van der Waals surface area (Å²) in [4.78, 5) is 17.1. The summed E-state index contributed by atoms with van der Waals surface area (Å²) in [5.74, 6) is 0.938. The molecule has 0 bridgehead atoms. The summed E-state index contributed by atoms with van der Waals surface area (Å²) in [5, 5.41) is 3.06. The van der Waals surface area contributed by atoms with Crippen LogP contribution in [0.5, 0.6) is 0 Å². The smallest absolute Gasteiger partial charge is 0.240 e. The number of aromatic nitrogens is 2. The van der Waals surface area contributed by atoms with Crippen LogP contribution in [0.2, 0.25) is 0 Å². The van der Waals surface area contributed by atoms with Crippen LogP contribution in [0.1, 0.15) is 31.3 Å². The monoisotopic (exact) mass is 307 g/mol. The minimum atomic E-state index is -0.0106. The number of amides is 1. The molecule has 0 aliphatic heterocycles.